The van der Waals surface area contributed by atoms with Crippen LogP contribution in [0.2, 0.25) is 0 Å². The molecule has 2 nitrogen and oxygen atoms in total. The predicted molar refractivity (Wildman–Crippen MR) is 65.8 cm³/mol. The first kappa shape index (κ1) is 12.5. The first-order valence-corrected chi connectivity index (χ1v) is 6.14. The van der Waals surface area contributed by atoms with Gasteiger partial charge in [-0.05, 0) is 26.0 Å². The minimum absolute atomic E-state index is 0.125. The SMILES string of the molecule is CC(C)(CBr)OCCOc1ccccc1. The molecule has 0 amide bonds. The lowest BCUT2D eigenvalue weighted by molar-refractivity contribution is -0.0120. The highest BCUT2D eigenvalue weighted by atomic mass is 79.9. The Kier molecular flexibility index (Phi) is 5.12. The van der Waals surface area contributed by atoms with Gasteiger partial charge in [-0.15, -0.1) is 0 Å². The second-order valence-corrected chi connectivity index (χ2v) is 4.46. The van der Waals surface area contributed by atoms with E-state index in [1.54, 1.807) is 0 Å². The van der Waals surface area contributed by atoms with E-state index >= 15 is 0 Å². The Bertz CT molecular complexity index is 272. The fourth-order valence-electron chi connectivity index (χ4n) is 1.03. The molecule has 0 aromatic heterocycles. The van der Waals surface area contributed by atoms with E-state index in [1.165, 1.54) is 0 Å². The molecule has 0 N–H and O–H groups in total. The standard InChI is InChI=1S/C12H17BrO2/c1-12(2,10-13)15-9-8-14-11-6-4-3-5-7-11/h3-7H,8-10H2,1-2H3. The second kappa shape index (κ2) is 6.13. The van der Waals surface area contributed by atoms with Crippen molar-refractivity contribution < 1.29 is 9.47 Å². The van der Waals surface area contributed by atoms with Gasteiger partial charge in [0.05, 0.1) is 12.2 Å². The fourth-order valence-corrected chi connectivity index (χ4v) is 1.19. The van der Waals surface area contributed by atoms with Crippen molar-refractivity contribution in [2.45, 2.75) is 19.4 Å². The zero-order valence-corrected chi connectivity index (χ0v) is 10.8. The molecule has 0 aliphatic rings. The minimum Gasteiger partial charge on any atom is -0.491 e. The number of hydrogen-bond acceptors (Lipinski definition) is 2. The highest BCUT2D eigenvalue weighted by Crippen LogP contribution is 2.12. The summed E-state index contributed by atoms with van der Waals surface area (Å²) >= 11 is 3.40. The van der Waals surface area contributed by atoms with Crippen molar-refractivity contribution in [2.24, 2.45) is 0 Å². The predicted octanol–water partition coefficient (Wildman–Crippen LogP) is 3.26. The molecule has 84 valence electrons. The molecule has 0 fully saturated rings. The Morgan fingerprint density at radius 1 is 1.13 bits per heavy atom. The van der Waals surface area contributed by atoms with E-state index in [-0.39, 0.29) is 5.60 Å². The van der Waals surface area contributed by atoms with Gasteiger partial charge < -0.3 is 9.47 Å². The lowest BCUT2D eigenvalue weighted by Gasteiger charge is -2.22. The third kappa shape index (κ3) is 5.19. The van der Waals surface area contributed by atoms with Crippen LogP contribution in [0.25, 0.3) is 0 Å². The summed E-state index contributed by atoms with van der Waals surface area (Å²) in [4.78, 5) is 0. The molecule has 1 aromatic carbocycles. The smallest absolute Gasteiger partial charge is 0.119 e. The number of alkyl halides is 1. The van der Waals surface area contributed by atoms with Crippen LogP contribution < -0.4 is 4.74 Å². The number of rotatable bonds is 6. The van der Waals surface area contributed by atoms with Gasteiger partial charge in [0.2, 0.25) is 0 Å². The summed E-state index contributed by atoms with van der Waals surface area (Å²) in [5.41, 5.74) is -0.125. The lowest BCUT2D eigenvalue weighted by atomic mass is 10.2. The molecule has 0 aliphatic carbocycles. The van der Waals surface area contributed by atoms with Crippen LogP contribution in [0.5, 0.6) is 5.75 Å². The van der Waals surface area contributed by atoms with Gasteiger partial charge >= 0.3 is 0 Å². The van der Waals surface area contributed by atoms with E-state index < -0.39 is 0 Å². The van der Waals surface area contributed by atoms with Crippen LogP contribution in [-0.4, -0.2) is 24.1 Å². The Balaban J connectivity index is 2.18. The molecule has 1 rings (SSSR count). The largest absolute Gasteiger partial charge is 0.491 e. The van der Waals surface area contributed by atoms with Crippen molar-refractivity contribution in [1.29, 1.82) is 0 Å². The molecule has 15 heavy (non-hydrogen) atoms. The zero-order chi connectivity index (χ0) is 11.1. The summed E-state index contributed by atoms with van der Waals surface area (Å²) in [7, 11) is 0. The highest BCUT2D eigenvalue weighted by molar-refractivity contribution is 9.09. The normalized spacial score (nSPS) is 11.4. The van der Waals surface area contributed by atoms with Gasteiger partial charge in [-0.25, -0.2) is 0 Å². The molecule has 0 saturated carbocycles. The molecule has 0 atom stereocenters. The number of hydrogen-bond donors (Lipinski definition) is 0. The molecule has 0 bridgehead atoms. The van der Waals surface area contributed by atoms with Crippen LogP contribution >= 0.6 is 15.9 Å². The Labute approximate surface area is 99.7 Å². The van der Waals surface area contributed by atoms with Crippen molar-refractivity contribution in [1.82, 2.24) is 0 Å². The third-order valence-corrected chi connectivity index (χ3v) is 3.26. The average molecular weight is 273 g/mol. The number of benzene rings is 1. The maximum Gasteiger partial charge on any atom is 0.119 e. The van der Waals surface area contributed by atoms with Gasteiger partial charge in [0.15, 0.2) is 0 Å². The summed E-state index contributed by atoms with van der Waals surface area (Å²) < 4.78 is 11.1. The maximum atomic E-state index is 5.63. The summed E-state index contributed by atoms with van der Waals surface area (Å²) in [6.07, 6.45) is 0. The van der Waals surface area contributed by atoms with Gasteiger partial charge in [0.1, 0.15) is 12.4 Å². The monoisotopic (exact) mass is 272 g/mol. The molecule has 1 aromatic rings. The van der Waals surface area contributed by atoms with E-state index in [0.717, 1.165) is 11.1 Å². The maximum absolute atomic E-state index is 5.63. The number of ether oxygens (including phenoxy) is 2. The van der Waals surface area contributed by atoms with Crippen LogP contribution in [0, 0.1) is 0 Å². The minimum atomic E-state index is -0.125. The average Bonchev–Trinajstić information content (AvgIpc) is 2.26. The van der Waals surface area contributed by atoms with E-state index in [9.17, 15) is 0 Å². The fraction of sp³-hybridized carbons (Fsp3) is 0.500. The van der Waals surface area contributed by atoms with Crippen molar-refractivity contribution in [3.8, 4) is 5.75 Å². The third-order valence-electron chi connectivity index (χ3n) is 1.91. The molecule has 0 heterocycles. The van der Waals surface area contributed by atoms with Crippen LogP contribution in [0.4, 0.5) is 0 Å². The number of halogens is 1. The van der Waals surface area contributed by atoms with Gasteiger partial charge in [0, 0.05) is 5.33 Å². The Morgan fingerprint density at radius 2 is 1.80 bits per heavy atom. The Morgan fingerprint density at radius 3 is 2.40 bits per heavy atom. The van der Waals surface area contributed by atoms with Crippen LogP contribution in [-0.2, 0) is 4.74 Å². The summed E-state index contributed by atoms with van der Waals surface area (Å²) in [6.45, 7) is 5.28. The molecule has 0 saturated heterocycles. The van der Waals surface area contributed by atoms with Crippen molar-refractivity contribution in [3.63, 3.8) is 0 Å². The molecular weight excluding hydrogens is 256 g/mol. The van der Waals surface area contributed by atoms with Crippen LogP contribution in [0.1, 0.15) is 13.8 Å². The van der Waals surface area contributed by atoms with E-state index in [2.05, 4.69) is 15.9 Å². The van der Waals surface area contributed by atoms with Crippen molar-refractivity contribution in [3.05, 3.63) is 30.3 Å². The molecular formula is C12H17BrO2. The van der Waals surface area contributed by atoms with Crippen molar-refractivity contribution in [2.75, 3.05) is 18.5 Å². The van der Waals surface area contributed by atoms with E-state index in [1.807, 2.05) is 44.2 Å². The van der Waals surface area contributed by atoms with Crippen LogP contribution in [0.15, 0.2) is 30.3 Å². The topological polar surface area (TPSA) is 18.5 Å². The van der Waals surface area contributed by atoms with E-state index in [4.69, 9.17) is 9.47 Å². The molecule has 0 spiro atoms. The molecule has 0 unspecified atom stereocenters. The number of para-hydroxylation sites is 1. The van der Waals surface area contributed by atoms with Gasteiger partial charge in [-0.1, -0.05) is 34.1 Å². The van der Waals surface area contributed by atoms with Crippen LogP contribution in [0.3, 0.4) is 0 Å². The molecule has 3 heteroatoms. The second-order valence-electron chi connectivity index (χ2n) is 3.90. The van der Waals surface area contributed by atoms with E-state index in [0.29, 0.717) is 13.2 Å². The Hall–Kier alpha value is -0.540. The van der Waals surface area contributed by atoms with Crippen molar-refractivity contribution >= 4 is 15.9 Å². The molecule has 0 radical (unpaired) electrons. The molecule has 0 aliphatic heterocycles. The van der Waals surface area contributed by atoms with Gasteiger partial charge in [-0.2, -0.15) is 0 Å². The van der Waals surface area contributed by atoms with Gasteiger partial charge in [-0.3, -0.25) is 0 Å². The summed E-state index contributed by atoms with van der Waals surface area (Å²) in [5.74, 6) is 0.887. The first-order chi connectivity index (χ1) is 7.14. The summed E-state index contributed by atoms with van der Waals surface area (Å²) in [5, 5.41) is 0.825. The first-order valence-electron chi connectivity index (χ1n) is 5.02. The lowest BCUT2D eigenvalue weighted by Crippen LogP contribution is -2.28. The quantitative estimate of drug-likeness (QED) is 0.585. The highest BCUT2D eigenvalue weighted by Gasteiger charge is 2.15. The summed E-state index contributed by atoms with van der Waals surface area (Å²) in [6, 6.07) is 9.76. The van der Waals surface area contributed by atoms with Gasteiger partial charge in [0.25, 0.3) is 0 Å². The zero-order valence-electron chi connectivity index (χ0n) is 9.20.